The van der Waals surface area contributed by atoms with Crippen molar-refractivity contribution in [3.05, 3.63) is 59.4 Å². The van der Waals surface area contributed by atoms with Gasteiger partial charge in [-0.25, -0.2) is 4.98 Å². The van der Waals surface area contributed by atoms with Crippen LogP contribution in [0, 0.1) is 6.92 Å². The molecule has 0 radical (unpaired) electrons. The monoisotopic (exact) mass is 401 g/mol. The van der Waals surface area contributed by atoms with Crippen molar-refractivity contribution in [2.75, 3.05) is 13.2 Å². The second-order valence-corrected chi connectivity index (χ2v) is 8.34. The summed E-state index contributed by atoms with van der Waals surface area (Å²) in [5.74, 6) is 0.356. The van der Waals surface area contributed by atoms with E-state index in [-0.39, 0.29) is 0 Å². The number of rotatable bonds is 8. The number of hydrogen-bond donors (Lipinski definition) is 1. The number of carbonyl (C=O) groups excluding carboxylic acids is 1. The van der Waals surface area contributed by atoms with Crippen molar-refractivity contribution in [2.24, 2.45) is 5.73 Å². The SMILES string of the molecule is CCOP(=O)(OCC)c1ccc(Cn2c(C)nc3ccc(C(N)=O)cc32)cc1. The zero-order chi connectivity index (χ0) is 20.3. The quantitative estimate of drug-likeness (QED) is 0.584. The van der Waals surface area contributed by atoms with E-state index in [4.69, 9.17) is 14.8 Å². The molecule has 0 saturated carbocycles. The minimum atomic E-state index is -3.30. The number of nitrogens with zero attached hydrogens (tertiary/aromatic N) is 2. The van der Waals surface area contributed by atoms with E-state index >= 15 is 0 Å². The van der Waals surface area contributed by atoms with E-state index < -0.39 is 13.5 Å². The van der Waals surface area contributed by atoms with Crippen LogP contribution in [0.25, 0.3) is 11.0 Å². The number of aryl methyl sites for hydroxylation is 1. The molecule has 0 aliphatic carbocycles. The van der Waals surface area contributed by atoms with E-state index in [1.54, 1.807) is 44.2 Å². The minimum Gasteiger partial charge on any atom is -0.366 e. The van der Waals surface area contributed by atoms with Gasteiger partial charge in [0.1, 0.15) is 5.82 Å². The van der Waals surface area contributed by atoms with Gasteiger partial charge in [0.2, 0.25) is 5.91 Å². The third-order valence-electron chi connectivity index (χ3n) is 4.41. The van der Waals surface area contributed by atoms with Crippen LogP contribution in [-0.4, -0.2) is 28.7 Å². The maximum atomic E-state index is 12.9. The normalized spacial score (nSPS) is 11.8. The van der Waals surface area contributed by atoms with Crippen LogP contribution in [0.2, 0.25) is 0 Å². The predicted molar refractivity (Wildman–Crippen MR) is 109 cm³/mol. The summed E-state index contributed by atoms with van der Waals surface area (Å²) in [6.07, 6.45) is 0. The molecule has 2 aromatic carbocycles. The van der Waals surface area contributed by atoms with Crippen LogP contribution in [0.1, 0.15) is 35.6 Å². The molecule has 7 nitrogen and oxygen atoms in total. The summed E-state index contributed by atoms with van der Waals surface area (Å²) in [6.45, 7) is 6.65. The van der Waals surface area contributed by atoms with Crippen LogP contribution >= 0.6 is 7.60 Å². The van der Waals surface area contributed by atoms with Gasteiger partial charge < -0.3 is 19.3 Å². The molecule has 0 unspecified atom stereocenters. The van der Waals surface area contributed by atoms with Gasteiger partial charge in [0.05, 0.1) is 29.6 Å². The van der Waals surface area contributed by atoms with Crippen molar-refractivity contribution in [3.63, 3.8) is 0 Å². The van der Waals surface area contributed by atoms with Gasteiger partial charge in [0.25, 0.3) is 0 Å². The zero-order valence-corrected chi connectivity index (χ0v) is 17.1. The van der Waals surface area contributed by atoms with Crippen molar-refractivity contribution in [1.82, 2.24) is 9.55 Å². The Morgan fingerprint density at radius 2 is 1.75 bits per heavy atom. The standard InChI is InChI=1S/C20H24N3O4P/c1-4-26-28(25,27-5-2)17-9-6-15(7-10-17)13-23-14(3)22-18-11-8-16(20(21)24)12-19(18)23/h6-12H,4-5,13H2,1-3H3,(H2,21,24). The summed E-state index contributed by atoms with van der Waals surface area (Å²) in [7, 11) is -3.30. The number of benzene rings is 2. The van der Waals surface area contributed by atoms with Crippen LogP contribution in [0.5, 0.6) is 0 Å². The summed E-state index contributed by atoms with van der Waals surface area (Å²) >= 11 is 0. The fraction of sp³-hybridized carbons (Fsp3) is 0.300. The smallest absolute Gasteiger partial charge is 0.361 e. The number of fused-ring (bicyclic) bond motifs is 1. The predicted octanol–water partition coefficient (Wildman–Crippen LogP) is 3.38. The van der Waals surface area contributed by atoms with Gasteiger partial charge in [-0.05, 0) is 56.7 Å². The molecule has 0 spiro atoms. The van der Waals surface area contributed by atoms with Crippen molar-refractivity contribution in [3.8, 4) is 0 Å². The molecule has 3 aromatic rings. The number of nitrogens with two attached hydrogens (primary N) is 1. The maximum absolute atomic E-state index is 12.9. The molecule has 28 heavy (non-hydrogen) atoms. The van der Waals surface area contributed by atoms with Crippen LogP contribution < -0.4 is 11.0 Å². The Bertz CT molecular complexity index is 1030. The topological polar surface area (TPSA) is 96.4 Å². The van der Waals surface area contributed by atoms with Gasteiger partial charge in [0, 0.05) is 12.1 Å². The van der Waals surface area contributed by atoms with E-state index in [0.717, 1.165) is 22.4 Å². The number of hydrogen-bond acceptors (Lipinski definition) is 5. The first kappa shape index (κ1) is 20.3. The summed E-state index contributed by atoms with van der Waals surface area (Å²) in [5, 5.41) is 0.531. The molecule has 0 fully saturated rings. The van der Waals surface area contributed by atoms with Crippen LogP contribution in [0.15, 0.2) is 42.5 Å². The molecule has 0 aliphatic rings. The number of amides is 1. The number of primary amides is 1. The number of carbonyl (C=O) groups is 1. The molecule has 3 rings (SSSR count). The molecule has 148 valence electrons. The maximum Gasteiger partial charge on any atom is 0.361 e. The highest BCUT2D eigenvalue weighted by atomic mass is 31.2. The Kier molecular flexibility index (Phi) is 5.98. The third-order valence-corrected chi connectivity index (χ3v) is 6.54. The molecule has 0 bridgehead atoms. The van der Waals surface area contributed by atoms with Crippen LogP contribution in [0.3, 0.4) is 0 Å². The lowest BCUT2D eigenvalue weighted by molar-refractivity contribution is 0.100. The lowest BCUT2D eigenvalue weighted by atomic mass is 10.2. The second-order valence-electron chi connectivity index (χ2n) is 6.31. The van der Waals surface area contributed by atoms with Gasteiger partial charge in [-0.15, -0.1) is 0 Å². The molecule has 0 saturated heterocycles. The fourth-order valence-electron chi connectivity index (χ4n) is 3.09. The molecule has 0 atom stereocenters. The summed E-state index contributed by atoms with van der Waals surface area (Å²) in [5.41, 5.74) is 8.48. The zero-order valence-electron chi connectivity index (χ0n) is 16.2. The molecule has 0 aliphatic heterocycles. The van der Waals surface area contributed by atoms with Crippen molar-refractivity contribution in [2.45, 2.75) is 27.3 Å². The Labute approximate surface area is 164 Å². The Morgan fingerprint density at radius 1 is 1.11 bits per heavy atom. The molecule has 1 amide bonds. The molecule has 1 heterocycles. The Morgan fingerprint density at radius 3 is 2.32 bits per heavy atom. The van der Waals surface area contributed by atoms with E-state index in [9.17, 15) is 9.36 Å². The minimum absolute atomic E-state index is 0.307. The van der Waals surface area contributed by atoms with E-state index in [1.807, 2.05) is 23.6 Å². The lowest BCUT2D eigenvalue weighted by Gasteiger charge is -2.17. The average molecular weight is 401 g/mol. The highest BCUT2D eigenvalue weighted by Gasteiger charge is 2.26. The molecular weight excluding hydrogens is 377 g/mol. The first-order valence-corrected chi connectivity index (χ1v) is 10.7. The molecule has 2 N–H and O–H groups in total. The van der Waals surface area contributed by atoms with E-state index in [2.05, 4.69) is 4.98 Å². The summed E-state index contributed by atoms with van der Waals surface area (Å²) < 4.78 is 25.7. The highest BCUT2D eigenvalue weighted by Crippen LogP contribution is 2.46. The van der Waals surface area contributed by atoms with E-state index in [1.165, 1.54) is 0 Å². The molecule has 1 aromatic heterocycles. The van der Waals surface area contributed by atoms with E-state index in [0.29, 0.717) is 30.6 Å². The van der Waals surface area contributed by atoms with Crippen molar-refractivity contribution in [1.29, 1.82) is 0 Å². The van der Waals surface area contributed by atoms with Crippen molar-refractivity contribution >= 4 is 29.8 Å². The van der Waals surface area contributed by atoms with Gasteiger partial charge in [-0.1, -0.05) is 12.1 Å². The summed E-state index contributed by atoms with van der Waals surface area (Å²) in [6, 6.07) is 12.5. The van der Waals surface area contributed by atoms with Gasteiger partial charge in [-0.2, -0.15) is 0 Å². The van der Waals surface area contributed by atoms with Gasteiger partial charge >= 0.3 is 7.60 Å². The summed E-state index contributed by atoms with van der Waals surface area (Å²) in [4.78, 5) is 16.0. The molecule has 8 heteroatoms. The van der Waals surface area contributed by atoms with Crippen LogP contribution in [-0.2, 0) is 20.2 Å². The van der Waals surface area contributed by atoms with Gasteiger partial charge in [0.15, 0.2) is 0 Å². The number of imidazole rings is 1. The third kappa shape index (κ3) is 4.02. The first-order chi connectivity index (χ1) is 13.4. The first-order valence-electron chi connectivity index (χ1n) is 9.13. The van der Waals surface area contributed by atoms with Crippen LogP contribution in [0.4, 0.5) is 0 Å². The van der Waals surface area contributed by atoms with Gasteiger partial charge in [-0.3, -0.25) is 9.36 Å². The molecular formula is C20H24N3O4P. The Hall–Kier alpha value is -2.47. The van der Waals surface area contributed by atoms with Crippen molar-refractivity contribution < 1.29 is 18.4 Å². The number of aromatic nitrogens is 2. The highest BCUT2D eigenvalue weighted by molar-refractivity contribution is 7.62. The second kappa shape index (κ2) is 8.27. The Balaban J connectivity index is 1.92. The fourth-order valence-corrected chi connectivity index (χ4v) is 4.66. The average Bonchev–Trinajstić information content (AvgIpc) is 2.97. The largest absolute Gasteiger partial charge is 0.366 e. The lowest BCUT2D eigenvalue weighted by Crippen LogP contribution is -2.12.